The van der Waals surface area contributed by atoms with Crippen molar-refractivity contribution in [3.63, 3.8) is 0 Å². The molecular weight excluding hydrogens is 306 g/mol. The Labute approximate surface area is 142 Å². The summed E-state index contributed by atoms with van der Waals surface area (Å²) in [4.78, 5) is 28.4. The van der Waals surface area contributed by atoms with Crippen molar-refractivity contribution in [2.75, 3.05) is 33.3 Å². The summed E-state index contributed by atoms with van der Waals surface area (Å²) in [5, 5.41) is 0. The van der Waals surface area contributed by atoms with Crippen molar-refractivity contribution in [3.05, 3.63) is 29.8 Å². The van der Waals surface area contributed by atoms with Gasteiger partial charge in [0, 0.05) is 19.1 Å². The number of carbonyl (C=O) groups is 2. The van der Waals surface area contributed by atoms with E-state index in [-0.39, 0.29) is 24.4 Å². The SMILES string of the molecule is COc1ccccc1C(=O)N1C[C@@H]2CCCCN(CC(N)=O)[C@@H]2C1. The van der Waals surface area contributed by atoms with Crippen LogP contribution in [0, 0.1) is 5.92 Å². The Morgan fingerprint density at radius 3 is 2.79 bits per heavy atom. The number of nitrogens with zero attached hydrogens (tertiary/aromatic N) is 2. The molecule has 0 bridgehead atoms. The first-order valence-corrected chi connectivity index (χ1v) is 8.54. The van der Waals surface area contributed by atoms with Crippen LogP contribution >= 0.6 is 0 Å². The van der Waals surface area contributed by atoms with Crippen molar-refractivity contribution in [1.29, 1.82) is 0 Å². The largest absolute Gasteiger partial charge is 0.496 e. The van der Waals surface area contributed by atoms with E-state index >= 15 is 0 Å². The number of benzene rings is 1. The van der Waals surface area contributed by atoms with E-state index < -0.39 is 0 Å². The van der Waals surface area contributed by atoms with E-state index in [1.807, 2.05) is 17.0 Å². The fourth-order valence-electron chi connectivity index (χ4n) is 3.99. The number of rotatable bonds is 4. The predicted molar refractivity (Wildman–Crippen MR) is 90.8 cm³/mol. The third kappa shape index (κ3) is 3.38. The Morgan fingerprint density at radius 1 is 1.25 bits per heavy atom. The molecule has 2 heterocycles. The Kier molecular flexibility index (Phi) is 5.04. The number of carbonyl (C=O) groups excluding carboxylic acids is 2. The fraction of sp³-hybridized carbons (Fsp3) is 0.556. The number of para-hydroxylation sites is 1. The molecule has 2 aliphatic heterocycles. The van der Waals surface area contributed by atoms with Crippen LogP contribution in [-0.4, -0.2) is 60.9 Å². The minimum Gasteiger partial charge on any atom is -0.496 e. The molecule has 2 atom stereocenters. The highest BCUT2D eigenvalue weighted by atomic mass is 16.5. The summed E-state index contributed by atoms with van der Waals surface area (Å²) in [6.45, 7) is 2.53. The van der Waals surface area contributed by atoms with Gasteiger partial charge >= 0.3 is 0 Å². The fourth-order valence-corrected chi connectivity index (χ4v) is 3.99. The van der Waals surface area contributed by atoms with Crippen LogP contribution in [0.5, 0.6) is 5.75 Å². The highest BCUT2D eigenvalue weighted by Crippen LogP contribution is 2.31. The van der Waals surface area contributed by atoms with Crippen LogP contribution in [0.2, 0.25) is 0 Å². The number of fused-ring (bicyclic) bond motifs is 1. The van der Waals surface area contributed by atoms with Gasteiger partial charge in [0.05, 0.1) is 19.2 Å². The van der Waals surface area contributed by atoms with Crippen molar-refractivity contribution in [3.8, 4) is 5.75 Å². The van der Waals surface area contributed by atoms with E-state index in [4.69, 9.17) is 10.5 Å². The minimum absolute atomic E-state index is 0.000418. The third-order valence-corrected chi connectivity index (χ3v) is 5.13. The standard InChI is InChI=1S/C18H25N3O3/c1-24-16-8-3-2-7-14(16)18(23)21-10-13-6-4-5-9-20(12-17(19)22)15(13)11-21/h2-3,7-8,13,15H,4-6,9-12H2,1H3,(H2,19,22)/t13-,15+/m0/s1. The summed E-state index contributed by atoms with van der Waals surface area (Å²) in [6.07, 6.45) is 3.31. The van der Waals surface area contributed by atoms with Crippen LogP contribution in [0.1, 0.15) is 29.6 Å². The average molecular weight is 331 g/mol. The molecule has 2 saturated heterocycles. The van der Waals surface area contributed by atoms with Crippen molar-refractivity contribution in [2.45, 2.75) is 25.3 Å². The zero-order valence-electron chi connectivity index (χ0n) is 14.1. The monoisotopic (exact) mass is 331 g/mol. The van der Waals surface area contributed by atoms with Gasteiger partial charge in [-0.2, -0.15) is 0 Å². The number of ether oxygens (including phenoxy) is 1. The molecule has 0 unspecified atom stereocenters. The number of primary amides is 1. The van der Waals surface area contributed by atoms with E-state index in [2.05, 4.69) is 4.90 Å². The molecule has 1 aromatic rings. The molecule has 6 heteroatoms. The lowest BCUT2D eigenvalue weighted by molar-refractivity contribution is -0.119. The molecule has 3 rings (SSSR count). The molecule has 2 fully saturated rings. The van der Waals surface area contributed by atoms with Gasteiger partial charge < -0.3 is 15.4 Å². The summed E-state index contributed by atoms with van der Waals surface area (Å²) in [5.74, 6) is 0.707. The summed E-state index contributed by atoms with van der Waals surface area (Å²) in [7, 11) is 1.58. The Balaban J connectivity index is 1.77. The van der Waals surface area contributed by atoms with Gasteiger partial charge in [-0.15, -0.1) is 0 Å². The maximum Gasteiger partial charge on any atom is 0.257 e. The number of hydrogen-bond acceptors (Lipinski definition) is 4. The van der Waals surface area contributed by atoms with E-state index in [0.29, 0.717) is 23.8 Å². The molecule has 2 aliphatic rings. The zero-order chi connectivity index (χ0) is 17.1. The first-order chi connectivity index (χ1) is 11.6. The van der Waals surface area contributed by atoms with Gasteiger partial charge in [-0.1, -0.05) is 18.6 Å². The van der Waals surface area contributed by atoms with E-state index in [0.717, 1.165) is 32.4 Å². The predicted octanol–water partition coefficient (Wildman–Crippen LogP) is 1.11. The smallest absolute Gasteiger partial charge is 0.257 e. The summed E-state index contributed by atoms with van der Waals surface area (Å²) < 4.78 is 5.32. The van der Waals surface area contributed by atoms with Gasteiger partial charge in [0.15, 0.2) is 0 Å². The van der Waals surface area contributed by atoms with Crippen molar-refractivity contribution >= 4 is 11.8 Å². The zero-order valence-corrected chi connectivity index (χ0v) is 14.1. The number of likely N-dealkylation sites (tertiary alicyclic amines) is 2. The highest BCUT2D eigenvalue weighted by molar-refractivity contribution is 5.97. The van der Waals surface area contributed by atoms with E-state index in [1.165, 1.54) is 0 Å². The van der Waals surface area contributed by atoms with Crippen LogP contribution in [-0.2, 0) is 4.79 Å². The normalized spacial score (nSPS) is 24.3. The van der Waals surface area contributed by atoms with Crippen molar-refractivity contribution < 1.29 is 14.3 Å². The molecular formula is C18H25N3O3. The molecule has 130 valence electrons. The second-order valence-corrected chi connectivity index (χ2v) is 6.67. The molecule has 0 spiro atoms. The van der Waals surface area contributed by atoms with Gasteiger partial charge in [-0.3, -0.25) is 14.5 Å². The summed E-state index contributed by atoms with van der Waals surface area (Å²) in [5.41, 5.74) is 6.00. The Hall–Kier alpha value is -2.08. The quantitative estimate of drug-likeness (QED) is 0.897. The van der Waals surface area contributed by atoms with Gasteiger partial charge in [-0.05, 0) is 37.4 Å². The summed E-state index contributed by atoms with van der Waals surface area (Å²) >= 11 is 0. The second-order valence-electron chi connectivity index (χ2n) is 6.67. The topological polar surface area (TPSA) is 75.9 Å². The maximum absolute atomic E-state index is 12.9. The van der Waals surface area contributed by atoms with Crippen LogP contribution in [0.25, 0.3) is 0 Å². The lowest BCUT2D eigenvalue weighted by atomic mass is 9.98. The average Bonchev–Trinajstić information content (AvgIpc) is 2.92. The van der Waals surface area contributed by atoms with Crippen molar-refractivity contribution in [1.82, 2.24) is 9.80 Å². The lowest BCUT2D eigenvalue weighted by Gasteiger charge is -2.28. The number of amides is 2. The molecule has 0 saturated carbocycles. The molecule has 0 aromatic heterocycles. The van der Waals surface area contributed by atoms with Crippen LogP contribution in [0.15, 0.2) is 24.3 Å². The minimum atomic E-state index is -0.301. The molecule has 0 radical (unpaired) electrons. The summed E-state index contributed by atoms with van der Waals surface area (Å²) in [6, 6.07) is 7.54. The number of methoxy groups -OCH3 is 1. The van der Waals surface area contributed by atoms with E-state index in [1.54, 1.807) is 19.2 Å². The van der Waals surface area contributed by atoms with Crippen LogP contribution in [0.3, 0.4) is 0 Å². The lowest BCUT2D eigenvalue weighted by Crippen LogP contribution is -2.45. The van der Waals surface area contributed by atoms with E-state index in [9.17, 15) is 9.59 Å². The van der Waals surface area contributed by atoms with Gasteiger partial charge in [0.2, 0.25) is 5.91 Å². The first kappa shape index (κ1) is 16.8. The molecule has 24 heavy (non-hydrogen) atoms. The Morgan fingerprint density at radius 2 is 2.04 bits per heavy atom. The maximum atomic E-state index is 12.9. The molecule has 1 aromatic carbocycles. The molecule has 6 nitrogen and oxygen atoms in total. The highest BCUT2D eigenvalue weighted by Gasteiger charge is 2.40. The van der Waals surface area contributed by atoms with Gasteiger partial charge in [0.1, 0.15) is 5.75 Å². The van der Waals surface area contributed by atoms with Crippen LogP contribution < -0.4 is 10.5 Å². The number of hydrogen-bond donors (Lipinski definition) is 1. The Bertz CT molecular complexity index is 619. The van der Waals surface area contributed by atoms with Crippen molar-refractivity contribution in [2.24, 2.45) is 11.7 Å². The molecule has 0 aliphatic carbocycles. The molecule has 2 amide bonds. The molecule has 2 N–H and O–H groups in total. The number of nitrogens with two attached hydrogens (primary N) is 1. The van der Waals surface area contributed by atoms with Gasteiger partial charge in [-0.25, -0.2) is 0 Å². The van der Waals surface area contributed by atoms with Gasteiger partial charge in [0.25, 0.3) is 5.91 Å². The first-order valence-electron chi connectivity index (χ1n) is 8.54. The third-order valence-electron chi connectivity index (χ3n) is 5.13. The van der Waals surface area contributed by atoms with Crippen LogP contribution in [0.4, 0.5) is 0 Å². The second kappa shape index (κ2) is 7.21.